The van der Waals surface area contributed by atoms with Crippen molar-refractivity contribution in [2.24, 2.45) is 0 Å². The highest BCUT2D eigenvalue weighted by atomic mass is 35.5. The Balaban J connectivity index is 1.76. The molecule has 1 heterocycles. The Morgan fingerprint density at radius 1 is 1.32 bits per heavy atom. The summed E-state index contributed by atoms with van der Waals surface area (Å²) >= 11 is 6.13. The SMILES string of the molecule is O=C(O)c1cc([N+](=O)[O-])ccc1NCCc1c[nH]c2c(Cl)cccc12. The average molecular weight is 360 g/mol. The predicted molar refractivity (Wildman–Crippen MR) is 95.6 cm³/mol. The first-order chi connectivity index (χ1) is 12.0. The lowest BCUT2D eigenvalue weighted by Crippen LogP contribution is -2.10. The van der Waals surface area contributed by atoms with Gasteiger partial charge in [0.15, 0.2) is 0 Å². The molecule has 0 atom stereocenters. The van der Waals surface area contributed by atoms with Crippen LogP contribution >= 0.6 is 11.6 Å². The molecule has 0 aliphatic heterocycles. The second kappa shape index (κ2) is 6.82. The summed E-state index contributed by atoms with van der Waals surface area (Å²) in [6.45, 7) is 0.470. The van der Waals surface area contributed by atoms with Crippen molar-refractivity contribution in [2.75, 3.05) is 11.9 Å². The van der Waals surface area contributed by atoms with E-state index in [4.69, 9.17) is 11.6 Å². The van der Waals surface area contributed by atoms with Crippen LogP contribution in [0.2, 0.25) is 5.02 Å². The van der Waals surface area contributed by atoms with E-state index >= 15 is 0 Å². The van der Waals surface area contributed by atoms with Gasteiger partial charge >= 0.3 is 5.97 Å². The van der Waals surface area contributed by atoms with Crippen molar-refractivity contribution in [3.05, 3.63) is 68.9 Å². The standard InChI is InChI=1S/C17H14ClN3O4/c18-14-3-1-2-12-10(9-20-16(12)14)6-7-19-15-5-4-11(21(24)25)8-13(15)17(22)23/h1-5,8-9,19-20H,6-7H2,(H,22,23). The third-order valence-corrected chi connectivity index (χ3v) is 4.22. The smallest absolute Gasteiger partial charge is 0.338 e. The normalized spacial score (nSPS) is 10.8. The molecule has 25 heavy (non-hydrogen) atoms. The average Bonchev–Trinajstić information content (AvgIpc) is 2.99. The number of para-hydroxylation sites is 1. The van der Waals surface area contributed by atoms with E-state index in [1.165, 1.54) is 12.1 Å². The number of rotatable bonds is 6. The molecule has 3 N–H and O–H groups in total. The number of nitro groups is 1. The number of fused-ring (bicyclic) bond motifs is 1. The number of H-pyrrole nitrogens is 1. The van der Waals surface area contributed by atoms with Gasteiger partial charge in [0.2, 0.25) is 0 Å². The van der Waals surface area contributed by atoms with E-state index < -0.39 is 10.9 Å². The number of hydrogen-bond donors (Lipinski definition) is 3. The molecule has 0 unspecified atom stereocenters. The number of nitro benzene ring substituents is 1. The number of non-ortho nitro benzene ring substituents is 1. The van der Waals surface area contributed by atoms with Gasteiger partial charge in [-0.1, -0.05) is 23.7 Å². The summed E-state index contributed by atoms with van der Waals surface area (Å²) in [5, 5.41) is 24.7. The maximum atomic E-state index is 11.3. The van der Waals surface area contributed by atoms with Crippen LogP contribution in [0.1, 0.15) is 15.9 Å². The molecular formula is C17H14ClN3O4. The molecule has 0 aliphatic rings. The molecule has 1 aromatic heterocycles. The number of benzene rings is 2. The molecule has 0 amide bonds. The van der Waals surface area contributed by atoms with Gasteiger partial charge in [0.25, 0.3) is 5.69 Å². The van der Waals surface area contributed by atoms with Gasteiger partial charge in [-0.15, -0.1) is 0 Å². The first-order valence-electron chi connectivity index (χ1n) is 7.47. The molecule has 0 radical (unpaired) electrons. The summed E-state index contributed by atoms with van der Waals surface area (Å²) in [7, 11) is 0. The van der Waals surface area contributed by atoms with E-state index in [-0.39, 0.29) is 11.3 Å². The van der Waals surface area contributed by atoms with Crippen LogP contribution in [0.25, 0.3) is 10.9 Å². The third-order valence-electron chi connectivity index (χ3n) is 3.90. The molecule has 0 saturated carbocycles. The molecule has 7 nitrogen and oxygen atoms in total. The maximum absolute atomic E-state index is 11.3. The summed E-state index contributed by atoms with van der Waals surface area (Å²) in [5.74, 6) is -1.22. The van der Waals surface area contributed by atoms with Gasteiger partial charge in [0.05, 0.1) is 21.0 Å². The highest BCUT2D eigenvalue weighted by molar-refractivity contribution is 6.35. The molecule has 0 aliphatic carbocycles. The Kier molecular flexibility index (Phi) is 4.58. The van der Waals surface area contributed by atoms with Gasteiger partial charge in [-0.05, 0) is 24.1 Å². The zero-order valence-electron chi connectivity index (χ0n) is 13.0. The second-order valence-electron chi connectivity index (χ2n) is 5.45. The third kappa shape index (κ3) is 3.41. The molecule has 0 bridgehead atoms. The Bertz CT molecular complexity index is 968. The minimum Gasteiger partial charge on any atom is -0.478 e. The lowest BCUT2D eigenvalue weighted by molar-refractivity contribution is -0.384. The summed E-state index contributed by atoms with van der Waals surface area (Å²) in [5.41, 5.74) is 1.87. The van der Waals surface area contributed by atoms with E-state index in [0.29, 0.717) is 23.7 Å². The number of carboxylic acids is 1. The number of nitrogens with one attached hydrogen (secondary N) is 2. The minimum atomic E-state index is -1.22. The van der Waals surface area contributed by atoms with Gasteiger partial charge in [-0.3, -0.25) is 10.1 Å². The fourth-order valence-corrected chi connectivity index (χ4v) is 2.92. The molecule has 8 heteroatoms. The maximum Gasteiger partial charge on any atom is 0.338 e. The van der Waals surface area contributed by atoms with Crippen molar-refractivity contribution in [2.45, 2.75) is 6.42 Å². The lowest BCUT2D eigenvalue weighted by Gasteiger charge is -2.09. The van der Waals surface area contributed by atoms with Gasteiger partial charge in [-0.25, -0.2) is 4.79 Å². The Hall–Kier alpha value is -3.06. The summed E-state index contributed by atoms with van der Waals surface area (Å²) in [6, 6.07) is 9.37. The quantitative estimate of drug-likeness (QED) is 0.454. The van der Waals surface area contributed by atoms with Crippen molar-refractivity contribution >= 4 is 39.8 Å². The van der Waals surface area contributed by atoms with Crippen molar-refractivity contribution in [3.63, 3.8) is 0 Å². The number of hydrogen-bond acceptors (Lipinski definition) is 4. The zero-order valence-corrected chi connectivity index (χ0v) is 13.7. The van der Waals surface area contributed by atoms with E-state index in [2.05, 4.69) is 10.3 Å². The first-order valence-corrected chi connectivity index (χ1v) is 7.85. The summed E-state index contributed by atoms with van der Waals surface area (Å²) < 4.78 is 0. The van der Waals surface area contributed by atoms with Crippen LogP contribution in [0.5, 0.6) is 0 Å². The molecule has 3 rings (SSSR count). The monoisotopic (exact) mass is 359 g/mol. The second-order valence-corrected chi connectivity index (χ2v) is 5.85. The molecule has 0 saturated heterocycles. The Labute approximate surface area is 147 Å². The van der Waals surface area contributed by atoms with E-state index in [1.807, 2.05) is 18.3 Å². The lowest BCUT2D eigenvalue weighted by atomic mass is 10.1. The number of aromatic nitrogens is 1. The highest BCUT2D eigenvalue weighted by Gasteiger charge is 2.16. The molecular weight excluding hydrogens is 346 g/mol. The fourth-order valence-electron chi connectivity index (χ4n) is 2.69. The molecule has 128 valence electrons. The van der Waals surface area contributed by atoms with Crippen molar-refractivity contribution in [3.8, 4) is 0 Å². The number of aromatic carboxylic acids is 1. The molecule has 0 fully saturated rings. The fraction of sp³-hybridized carbons (Fsp3) is 0.118. The van der Waals surface area contributed by atoms with Crippen LogP contribution in [0.3, 0.4) is 0 Å². The zero-order chi connectivity index (χ0) is 18.0. The number of carboxylic acid groups (broad SMARTS) is 1. The number of nitrogens with zero attached hydrogens (tertiary/aromatic N) is 1. The number of halogens is 1. The topological polar surface area (TPSA) is 108 Å². The summed E-state index contributed by atoms with van der Waals surface area (Å²) in [4.78, 5) is 24.6. The van der Waals surface area contributed by atoms with Gasteiger partial charge in [-0.2, -0.15) is 0 Å². The summed E-state index contributed by atoms with van der Waals surface area (Å²) in [6.07, 6.45) is 2.50. The minimum absolute atomic E-state index is 0.129. The largest absolute Gasteiger partial charge is 0.478 e. The highest BCUT2D eigenvalue weighted by Crippen LogP contribution is 2.26. The van der Waals surface area contributed by atoms with Crippen molar-refractivity contribution in [1.29, 1.82) is 0 Å². The molecule has 3 aromatic rings. The molecule has 2 aromatic carbocycles. The van der Waals surface area contributed by atoms with Crippen molar-refractivity contribution in [1.82, 2.24) is 4.98 Å². The first kappa shape index (κ1) is 16.8. The number of carbonyl (C=O) groups is 1. The Morgan fingerprint density at radius 3 is 2.84 bits per heavy atom. The van der Waals surface area contributed by atoms with Crippen molar-refractivity contribution < 1.29 is 14.8 Å². The van der Waals surface area contributed by atoms with Gasteiger partial charge in [0.1, 0.15) is 0 Å². The number of aromatic amines is 1. The van der Waals surface area contributed by atoms with Crippen LogP contribution in [0.4, 0.5) is 11.4 Å². The Morgan fingerprint density at radius 2 is 2.12 bits per heavy atom. The van der Waals surface area contributed by atoms with Gasteiger partial charge in [0, 0.05) is 35.9 Å². The van der Waals surface area contributed by atoms with E-state index in [1.54, 1.807) is 6.07 Å². The molecule has 0 spiro atoms. The van der Waals surface area contributed by atoms with Crippen LogP contribution in [-0.4, -0.2) is 27.5 Å². The van der Waals surface area contributed by atoms with Crippen LogP contribution in [-0.2, 0) is 6.42 Å². The predicted octanol–water partition coefficient (Wildman–Crippen LogP) is 4.08. The number of anilines is 1. The van der Waals surface area contributed by atoms with Crippen LogP contribution in [0.15, 0.2) is 42.6 Å². The van der Waals surface area contributed by atoms with Crippen LogP contribution < -0.4 is 5.32 Å². The van der Waals surface area contributed by atoms with E-state index in [9.17, 15) is 20.0 Å². The van der Waals surface area contributed by atoms with Gasteiger partial charge < -0.3 is 15.4 Å². The van der Waals surface area contributed by atoms with Crippen LogP contribution in [0, 0.1) is 10.1 Å². The van der Waals surface area contributed by atoms with E-state index in [0.717, 1.165) is 22.5 Å².